The molecular formula is C20H19N3O3. The lowest BCUT2D eigenvalue weighted by Gasteiger charge is -2.19. The molecule has 0 bridgehead atoms. The predicted molar refractivity (Wildman–Crippen MR) is 96.4 cm³/mol. The Kier molecular flexibility index (Phi) is 3.95. The minimum Gasteiger partial charge on any atom is -0.481 e. The Morgan fingerprint density at radius 1 is 1.12 bits per heavy atom. The fourth-order valence-electron chi connectivity index (χ4n) is 3.37. The molecule has 2 aromatic carbocycles. The molecule has 1 aliphatic rings. The Balaban J connectivity index is 1.70. The van der Waals surface area contributed by atoms with Gasteiger partial charge in [-0.15, -0.1) is 0 Å². The number of benzene rings is 2. The van der Waals surface area contributed by atoms with E-state index >= 15 is 0 Å². The van der Waals surface area contributed by atoms with Crippen LogP contribution >= 0.6 is 0 Å². The van der Waals surface area contributed by atoms with Crippen molar-refractivity contribution in [1.82, 2.24) is 14.9 Å². The molecule has 0 spiro atoms. The van der Waals surface area contributed by atoms with Crippen LogP contribution in [0.4, 0.5) is 0 Å². The molecule has 1 heterocycles. The molecule has 3 atom stereocenters. The van der Waals surface area contributed by atoms with Gasteiger partial charge in [0, 0.05) is 7.05 Å². The fraction of sp³-hybridized carbons (Fsp3) is 0.250. The van der Waals surface area contributed by atoms with Crippen molar-refractivity contribution in [1.29, 1.82) is 0 Å². The highest BCUT2D eigenvalue weighted by Crippen LogP contribution is 2.39. The summed E-state index contributed by atoms with van der Waals surface area (Å²) in [6.07, 6.45) is 0.394. The second-order valence-corrected chi connectivity index (χ2v) is 6.66. The quantitative estimate of drug-likeness (QED) is 0.741. The third-order valence-electron chi connectivity index (χ3n) is 4.94. The summed E-state index contributed by atoms with van der Waals surface area (Å²) in [5, 5.41) is 12.1. The number of nitrogens with zero attached hydrogens (tertiary/aromatic N) is 2. The summed E-state index contributed by atoms with van der Waals surface area (Å²) in [7, 11) is 1.92. The molecule has 0 saturated heterocycles. The summed E-state index contributed by atoms with van der Waals surface area (Å²) in [4.78, 5) is 28.4. The molecule has 26 heavy (non-hydrogen) atoms. The molecule has 6 nitrogen and oxygen atoms in total. The van der Waals surface area contributed by atoms with E-state index in [2.05, 4.69) is 5.32 Å². The minimum atomic E-state index is -0.913. The van der Waals surface area contributed by atoms with Crippen LogP contribution in [0.5, 0.6) is 0 Å². The number of nitrogens with one attached hydrogen (secondary N) is 1. The minimum absolute atomic E-state index is 0.238. The van der Waals surface area contributed by atoms with Crippen molar-refractivity contribution in [3.8, 4) is 0 Å². The smallest absolute Gasteiger partial charge is 0.307 e. The van der Waals surface area contributed by atoms with Crippen molar-refractivity contribution in [3.05, 3.63) is 66.0 Å². The summed E-state index contributed by atoms with van der Waals surface area (Å²) in [6.45, 7) is 0. The zero-order chi connectivity index (χ0) is 18.3. The largest absolute Gasteiger partial charge is 0.481 e. The van der Waals surface area contributed by atoms with Crippen molar-refractivity contribution < 1.29 is 14.7 Å². The molecular weight excluding hydrogens is 330 g/mol. The van der Waals surface area contributed by atoms with Crippen molar-refractivity contribution >= 4 is 22.9 Å². The molecule has 1 fully saturated rings. The Labute approximate surface area is 150 Å². The zero-order valence-corrected chi connectivity index (χ0v) is 14.3. The van der Waals surface area contributed by atoms with Gasteiger partial charge in [-0.05, 0) is 24.1 Å². The van der Waals surface area contributed by atoms with Crippen LogP contribution in [-0.2, 0) is 16.6 Å². The van der Waals surface area contributed by atoms with Crippen molar-refractivity contribution in [2.75, 3.05) is 0 Å². The molecule has 1 aliphatic carbocycles. The number of carboxylic acids is 1. The first kappa shape index (κ1) is 16.3. The first-order chi connectivity index (χ1) is 12.6. The van der Waals surface area contributed by atoms with E-state index < -0.39 is 23.8 Å². The van der Waals surface area contributed by atoms with Gasteiger partial charge >= 0.3 is 5.97 Å². The Bertz CT molecular complexity index is 980. The maximum atomic E-state index is 12.6. The molecule has 4 rings (SSSR count). The number of hydrogen-bond donors (Lipinski definition) is 2. The van der Waals surface area contributed by atoms with Crippen LogP contribution in [0.25, 0.3) is 11.0 Å². The van der Waals surface area contributed by atoms with Crippen LogP contribution in [0.15, 0.2) is 54.6 Å². The lowest BCUT2D eigenvalue weighted by molar-refractivity contribution is -0.140. The zero-order valence-electron chi connectivity index (χ0n) is 14.3. The number of carbonyl (C=O) groups excluding carboxylic acids is 1. The average molecular weight is 349 g/mol. The maximum Gasteiger partial charge on any atom is 0.307 e. The van der Waals surface area contributed by atoms with E-state index in [4.69, 9.17) is 10.1 Å². The van der Waals surface area contributed by atoms with Crippen molar-refractivity contribution in [2.45, 2.75) is 12.5 Å². The fourth-order valence-corrected chi connectivity index (χ4v) is 3.37. The summed E-state index contributed by atoms with van der Waals surface area (Å²) in [5.41, 5.74) is 2.74. The number of carboxylic acid groups (broad SMARTS) is 1. The molecule has 6 heteroatoms. The van der Waals surface area contributed by atoms with Gasteiger partial charge in [-0.3, -0.25) is 9.59 Å². The summed E-state index contributed by atoms with van der Waals surface area (Å²) in [5.74, 6) is -1.47. The highest BCUT2D eigenvalue weighted by Gasteiger charge is 2.48. The van der Waals surface area contributed by atoms with Gasteiger partial charge in [0.2, 0.25) is 5.91 Å². The summed E-state index contributed by atoms with van der Waals surface area (Å²) >= 11 is 0. The number of rotatable bonds is 5. The number of aliphatic carboxylic acids is 1. The van der Waals surface area contributed by atoms with Crippen LogP contribution in [0, 0.1) is 11.8 Å². The molecule has 0 aliphatic heterocycles. The van der Waals surface area contributed by atoms with Crippen LogP contribution in [0.3, 0.4) is 0 Å². The topological polar surface area (TPSA) is 84.2 Å². The van der Waals surface area contributed by atoms with E-state index in [-0.39, 0.29) is 5.91 Å². The molecule has 1 aromatic heterocycles. The number of para-hydroxylation sites is 2. The molecule has 2 N–H and O–H groups in total. The molecule has 1 saturated carbocycles. The molecule has 132 valence electrons. The van der Waals surface area contributed by atoms with Gasteiger partial charge in [-0.1, -0.05) is 42.5 Å². The second-order valence-electron chi connectivity index (χ2n) is 6.66. The Morgan fingerprint density at radius 3 is 2.46 bits per heavy atom. The first-order valence-electron chi connectivity index (χ1n) is 8.55. The first-order valence-corrected chi connectivity index (χ1v) is 8.55. The average Bonchev–Trinajstić information content (AvgIpc) is 3.40. The van der Waals surface area contributed by atoms with E-state index in [1.165, 1.54) is 0 Å². The van der Waals surface area contributed by atoms with E-state index in [9.17, 15) is 9.59 Å². The van der Waals surface area contributed by atoms with Gasteiger partial charge in [-0.25, -0.2) is 4.98 Å². The van der Waals surface area contributed by atoms with Gasteiger partial charge in [0.1, 0.15) is 11.9 Å². The molecule has 0 radical (unpaired) electrons. The Hall–Kier alpha value is -3.15. The number of aromatic nitrogens is 2. The van der Waals surface area contributed by atoms with Gasteiger partial charge < -0.3 is 15.0 Å². The normalized spacial score (nSPS) is 19.9. The summed E-state index contributed by atoms with van der Waals surface area (Å²) in [6, 6.07) is 17.0. The standard InChI is InChI=1S/C20H19N3O3/c1-23-16-10-6-5-9-15(16)21-18(23)17(12-7-3-2-4-8-12)22-19(24)13-11-14(13)20(25)26/h2-10,13-14,17H,11H2,1H3,(H,22,24)(H,25,26). The third-order valence-corrected chi connectivity index (χ3v) is 4.94. The van der Waals surface area contributed by atoms with Crippen LogP contribution in [0.2, 0.25) is 0 Å². The van der Waals surface area contributed by atoms with E-state index in [1.807, 2.05) is 66.2 Å². The second kappa shape index (κ2) is 6.29. The van der Waals surface area contributed by atoms with Crippen LogP contribution < -0.4 is 5.32 Å². The van der Waals surface area contributed by atoms with Gasteiger partial charge in [0.15, 0.2) is 0 Å². The maximum absolute atomic E-state index is 12.6. The summed E-state index contributed by atoms with van der Waals surface area (Å²) < 4.78 is 1.97. The van der Waals surface area contributed by atoms with Gasteiger partial charge in [0.25, 0.3) is 0 Å². The lowest BCUT2D eigenvalue weighted by Crippen LogP contribution is -2.33. The SMILES string of the molecule is Cn1c(C(NC(=O)C2CC2C(=O)O)c2ccccc2)nc2ccccc21. The monoisotopic (exact) mass is 349 g/mol. The van der Waals surface area contributed by atoms with Crippen molar-refractivity contribution in [2.24, 2.45) is 18.9 Å². The predicted octanol–water partition coefficient (Wildman–Crippen LogP) is 2.50. The molecule has 1 amide bonds. The highest BCUT2D eigenvalue weighted by atomic mass is 16.4. The third kappa shape index (κ3) is 2.83. The number of aryl methyl sites for hydroxylation is 1. The molecule has 3 aromatic rings. The van der Waals surface area contributed by atoms with E-state index in [1.54, 1.807) is 0 Å². The number of hydrogen-bond acceptors (Lipinski definition) is 3. The van der Waals surface area contributed by atoms with Crippen molar-refractivity contribution in [3.63, 3.8) is 0 Å². The highest BCUT2D eigenvalue weighted by molar-refractivity contribution is 5.90. The number of imidazole rings is 1. The van der Waals surface area contributed by atoms with Gasteiger partial charge in [0.05, 0.1) is 22.9 Å². The number of fused-ring (bicyclic) bond motifs is 1. The number of amides is 1. The Morgan fingerprint density at radius 2 is 1.81 bits per heavy atom. The van der Waals surface area contributed by atoms with E-state index in [0.29, 0.717) is 6.42 Å². The van der Waals surface area contributed by atoms with Gasteiger partial charge in [-0.2, -0.15) is 0 Å². The van der Waals surface area contributed by atoms with E-state index in [0.717, 1.165) is 22.4 Å². The lowest BCUT2D eigenvalue weighted by atomic mass is 10.1. The number of carbonyl (C=O) groups is 2. The van der Waals surface area contributed by atoms with Crippen LogP contribution in [0.1, 0.15) is 23.9 Å². The van der Waals surface area contributed by atoms with Crippen LogP contribution in [-0.4, -0.2) is 26.5 Å². The molecule has 3 unspecified atom stereocenters.